The predicted molar refractivity (Wildman–Crippen MR) is 103 cm³/mol. The number of amides is 2. The van der Waals surface area contributed by atoms with Gasteiger partial charge in [-0.1, -0.05) is 0 Å². The largest absolute Gasteiger partial charge is 0.444 e. The van der Waals surface area contributed by atoms with E-state index in [0.29, 0.717) is 25.3 Å². The van der Waals surface area contributed by atoms with Crippen LogP contribution < -0.4 is 5.32 Å². The van der Waals surface area contributed by atoms with Crippen LogP contribution in [0.1, 0.15) is 63.6 Å². The number of carbonyl (C=O) groups is 2. The topological polar surface area (TPSA) is 58.6 Å². The van der Waals surface area contributed by atoms with Crippen molar-refractivity contribution in [3.63, 3.8) is 0 Å². The summed E-state index contributed by atoms with van der Waals surface area (Å²) in [7, 11) is 0. The van der Waals surface area contributed by atoms with Crippen molar-refractivity contribution >= 4 is 12.0 Å². The van der Waals surface area contributed by atoms with Crippen molar-refractivity contribution in [1.82, 2.24) is 10.2 Å². The number of hydrogen-bond donors (Lipinski definition) is 1. The predicted octanol–water partition coefficient (Wildman–Crippen LogP) is 4.95. The Morgan fingerprint density at radius 2 is 1.75 bits per heavy atom. The van der Waals surface area contributed by atoms with E-state index in [1.165, 1.54) is 4.90 Å². The number of halogens is 5. The second-order valence-electron chi connectivity index (χ2n) is 9.88. The van der Waals surface area contributed by atoms with Crippen LogP contribution in [-0.2, 0) is 15.7 Å². The molecule has 1 N–H and O–H groups in total. The minimum Gasteiger partial charge on any atom is -0.444 e. The fourth-order valence-electron chi connectivity index (χ4n) is 4.41. The number of nitrogens with one attached hydrogen (secondary N) is 1. The maximum Gasteiger partial charge on any atom is 0.419 e. The summed E-state index contributed by atoms with van der Waals surface area (Å²) in [4.78, 5) is 27.1. The summed E-state index contributed by atoms with van der Waals surface area (Å²) >= 11 is 0. The molecule has 4 atom stereocenters. The summed E-state index contributed by atoms with van der Waals surface area (Å²) in [5.41, 5.74) is -2.76. The molecule has 1 saturated heterocycles. The van der Waals surface area contributed by atoms with Gasteiger partial charge < -0.3 is 10.1 Å². The number of hydrogen-bond acceptors (Lipinski definition) is 3. The van der Waals surface area contributed by atoms with Gasteiger partial charge >= 0.3 is 12.3 Å². The Morgan fingerprint density at radius 1 is 1.09 bits per heavy atom. The van der Waals surface area contributed by atoms with E-state index in [4.69, 9.17) is 4.74 Å². The molecule has 0 aromatic heterocycles. The van der Waals surface area contributed by atoms with Gasteiger partial charge in [0.05, 0.1) is 11.6 Å². The summed E-state index contributed by atoms with van der Waals surface area (Å²) < 4.78 is 72.8. The SMILES string of the molecule is CC(C)(C)OC(=O)N1C(C(=O)N[C@@H](c2cc(F)c(C(F)(F)F)cc2F)C2CC2)CC2CC21. The van der Waals surface area contributed by atoms with E-state index in [-0.39, 0.29) is 29.5 Å². The third kappa shape index (κ3) is 4.54. The molecule has 4 rings (SSSR count). The highest BCUT2D eigenvalue weighted by Gasteiger charge is 2.57. The molecule has 1 aliphatic heterocycles. The number of carbonyl (C=O) groups excluding carboxylic acids is 2. The highest BCUT2D eigenvalue weighted by atomic mass is 19.4. The maximum absolute atomic E-state index is 14.6. The van der Waals surface area contributed by atoms with Crippen molar-refractivity contribution in [1.29, 1.82) is 0 Å². The Hall–Kier alpha value is -2.39. The Morgan fingerprint density at radius 3 is 2.31 bits per heavy atom. The second kappa shape index (κ2) is 7.59. The number of fused-ring (bicyclic) bond motifs is 1. The fraction of sp³-hybridized carbons (Fsp3) is 0.636. The first-order chi connectivity index (χ1) is 14.8. The number of piperidine rings is 1. The minimum atomic E-state index is -5.03. The Bertz CT molecular complexity index is 939. The van der Waals surface area contributed by atoms with Gasteiger partial charge in [-0.3, -0.25) is 9.69 Å². The van der Waals surface area contributed by atoms with Crippen molar-refractivity contribution in [3.8, 4) is 0 Å². The smallest absolute Gasteiger partial charge is 0.419 e. The molecule has 1 aromatic carbocycles. The zero-order chi connectivity index (χ0) is 23.6. The molecule has 32 heavy (non-hydrogen) atoms. The molecule has 2 aliphatic carbocycles. The summed E-state index contributed by atoms with van der Waals surface area (Å²) in [6, 6.07) is -1.25. The molecular weight excluding hydrogens is 435 g/mol. The van der Waals surface area contributed by atoms with Gasteiger partial charge in [0.1, 0.15) is 23.3 Å². The molecule has 3 aliphatic rings. The molecule has 3 fully saturated rings. The van der Waals surface area contributed by atoms with Crippen molar-refractivity contribution in [2.45, 2.75) is 76.4 Å². The van der Waals surface area contributed by atoms with Crippen molar-refractivity contribution in [2.24, 2.45) is 11.8 Å². The van der Waals surface area contributed by atoms with Gasteiger partial charge in [0.15, 0.2) is 0 Å². The van der Waals surface area contributed by atoms with Crippen molar-refractivity contribution < 1.29 is 36.3 Å². The standard InChI is InChI=1S/C22H25F5N2O3/c1-21(2,3)32-20(31)29-16-6-11(16)7-17(29)19(30)28-18(10-4-5-10)12-8-15(24)13(9-14(12)23)22(25,26)27/h8-11,16-18H,4-7H2,1-3H3,(H,28,30)/t11?,16?,17?,18-/m1/s1. The lowest BCUT2D eigenvalue weighted by Gasteiger charge is -2.31. The zero-order valence-electron chi connectivity index (χ0n) is 17.9. The van der Waals surface area contributed by atoms with E-state index in [2.05, 4.69) is 5.32 Å². The van der Waals surface area contributed by atoms with Crippen molar-refractivity contribution in [3.05, 3.63) is 34.9 Å². The molecule has 176 valence electrons. The third-order valence-corrected chi connectivity index (χ3v) is 6.13. The van der Waals surface area contributed by atoms with E-state index in [1.54, 1.807) is 20.8 Å². The van der Waals surface area contributed by atoms with Crippen LogP contribution in [0.4, 0.5) is 26.7 Å². The summed E-state index contributed by atoms with van der Waals surface area (Å²) in [5.74, 6) is -3.39. The van der Waals surface area contributed by atoms with Crippen LogP contribution in [0, 0.1) is 23.5 Å². The second-order valence-corrected chi connectivity index (χ2v) is 9.88. The van der Waals surface area contributed by atoms with Crippen LogP contribution in [0.25, 0.3) is 0 Å². The summed E-state index contributed by atoms with van der Waals surface area (Å²) in [6.45, 7) is 5.14. The Labute approximate surface area is 182 Å². The number of ether oxygens (including phenoxy) is 1. The monoisotopic (exact) mass is 460 g/mol. The van der Waals surface area contributed by atoms with Crippen LogP contribution >= 0.6 is 0 Å². The average Bonchev–Trinajstić information content (AvgIpc) is 3.57. The Kier molecular flexibility index (Phi) is 5.40. The minimum absolute atomic E-state index is 0.0970. The quantitative estimate of drug-likeness (QED) is 0.647. The molecule has 3 unspecified atom stereocenters. The molecule has 1 aromatic rings. The van der Waals surface area contributed by atoms with Crippen LogP contribution in [0.3, 0.4) is 0 Å². The number of alkyl halides is 3. The molecule has 10 heteroatoms. The molecule has 0 radical (unpaired) electrons. The van der Waals surface area contributed by atoms with Crippen LogP contribution in [0.5, 0.6) is 0 Å². The van der Waals surface area contributed by atoms with E-state index < -0.39 is 53.1 Å². The van der Waals surface area contributed by atoms with E-state index in [0.717, 1.165) is 6.42 Å². The zero-order valence-corrected chi connectivity index (χ0v) is 17.9. The van der Waals surface area contributed by atoms with Crippen LogP contribution in [0.2, 0.25) is 0 Å². The van der Waals surface area contributed by atoms with Crippen LogP contribution in [0.15, 0.2) is 12.1 Å². The van der Waals surface area contributed by atoms with E-state index in [1.807, 2.05) is 0 Å². The van der Waals surface area contributed by atoms with Crippen molar-refractivity contribution in [2.75, 3.05) is 0 Å². The van der Waals surface area contributed by atoms with Gasteiger partial charge in [0.25, 0.3) is 0 Å². The first-order valence-electron chi connectivity index (χ1n) is 10.6. The first kappa shape index (κ1) is 22.8. The molecule has 2 saturated carbocycles. The summed E-state index contributed by atoms with van der Waals surface area (Å²) in [6.07, 6.45) is -3.19. The lowest BCUT2D eigenvalue weighted by molar-refractivity contribution is -0.140. The number of likely N-dealkylation sites (tertiary alicyclic amines) is 1. The van der Waals surface area contributed by atoms with Gasteiger partial charge in [-0.15, -0.1) is 0 Å². The van der Waals surface area contributed by atoms with Gasteiger partial charge in [0.2, 0.25) is 5.91 Å². The van der Waals surface area contributed by atoms with Gasteiger partial charge in [-0.25, -0.2) is 13.6 Å². The normalized spacial score (nSPS) is 25.9. The van der Waals surface area contributed by atoms with Gasteiger partial charge in [0, 0.05) is 11.6 Å². The maximum atomic E-state index is 14.6. The molecule has 1 heterocycles. The molecule has 5 nitrogen and oxygen atoms in total. The van der Waals surface area contributed by atoms with E-state index in [9.17, 15) is 31.5 Å². The Balaban J connectivity index is 1.55. The van der Waals surface area contributed by atoms with E-state index >= 15 is 0 Å². The first-order valence-corrected chi connectivity index (χ1v) is 10.6. The average molecular weight is 460 g/mol. The highest BCUT2D eigenvalue weighted by Crippen LogP contribution is 2.49. The van der Waals surface area contributed by atoms with Crippen LogP contribution in [-0.4, -0.2) is 34.6 Å². The molecule has 0 spiro atoms. The van der Waals surface area contributed by atoms with Gasteiger partial charge in [-0.2, -0.15) is 13.2 Å². The molecular formula is C22H25F5N2O3. The lowest BCUT2D eigenvalue weighted by Crippen LogP contribution is -2.50. The number of rotatable bonds is 4. The highest BCUT2D eigenvalue weighted by molar-refractivity contribution is 5.87. The number of nitrogens with zero attached hydrogens (tertiary/aromatic N) is 1. The number of benzene rings is 1. The fourth-order valence-corrected chi connectivity index (χ4v) is 4.41. The molecule has 2 amide bonds. The third-order valence-electron chi connectivity index (χ3n) is 6.13. The molecule has 0 bridgehead atoms. The summed E-state index contributed by atoms with van der Waals surface area (Å²) in [5, 5.41) is 2.68. The lowest BCUT2D eigenvalue weighted by atomic mass is 9.98. The van der Waals surface area contributed by atoms with Gasteiger partial charge in [-0.05, 0) is 70.4 Å².